The summed E-state index contributed by atoms with van der Waals surface area (Å²) in [6.07, 6.45) is 0.922. The van der Waals surface area contributed by atoms with Crippen LogP contribution in [0.15, 0.2) is 0 Å². The molecule has 0 spiro atoms. The fourth-order valence-electron chi connectivity index (χ4n) is 0.845. The molecule has 0 aromatic heterocycles. The first-order valence-electron chi connectivity index (χ1n) is 4.48. The second kappa shape index (κ2) is 7.82. The molecule has 0 aliphatic heterocycles. The van der Waals surface area contributed by atoms with Crippen LogP contribution in [0.3, 0.4) is 0 Å². The van der Waals surface area contributed by atoms with Crippen molar-refractivity contribution in [2.75, 3.05) is 26.8 Å². The van der Waals surface area contributed by atoms with Crippen LogP contribution in [-0.2, 0) is 4.74 Å². The van der Waals surface area contributed by atoms with E-state index in [1.54, 1.807) is 7.11 Å². The van der Waals surface area contributed by atoms with Crippen LogP contribution in [0.5, 0.6) is 0 Å². The van der Waals surface area contributed by atoms with Crippen molar-refractivity contribution < 1.29 is 9.53 Å². The van der Waals surface area contributed by atoms with Gasteiger partial charge in [-0.3, -0.25) is 0 Å². The number of rotatable bonds is 6. The Kier molecular flexibility index (Phi) is 7.33. The van der Waals surface area contributed by atoms with E-state index in [2.05, 4.69) is 10.6 Å². The maximum atomic E-state index is 11.1. The van der Waals surface area contributed by atoms with Crippen molar-refractivity contribution in [1.82, 2.24) is 10.6 Å². The quantitative estimate of drug-likeness (QED) is 0.535. The molecule has 0 rings (SSSR count). The number of amides is 2. The molecule has 0 fully saturated rings. The highest BCUT2D eigenvalue weighted by molar-refractivity contribution is 5.74. The van der Waals surface area contributed by atoms with Crippen LogP contribution in [0.2, 0.25) is 0 Å². The molecule has 0 saturated carbocycles. The average molecular weight is 189 g/mol. The van der Waals surface area contributed by atoms with Crippen molar-refractivity contribution in [3.8, 4) is 0 Å². The van der Waals surface area contributed by atoms with Crippen molar-refractivity contribution in [2.24, 2.45) is 5.73 Å². The molecule has 0 unspecified atom stereocenters. The number of nitrogens with two attached hydrogens (primary N) is 1. The molecular formula is C8H19N3O2. The van der Waals surface area contributed by atoms with E-state index >= 15 is 0 Å². The van der Waals surface area contributed by atoms with Crippen molar-refractivity contribution in [1.29, 1.82) is 0 Å². The van der Waals surface area contributed by atoms with Gasteiger partial charge in [0.25, 0.3) is 0 Å². The number of nitrogens with one attached hydrogen (secondary N) is 2. The summed E-state index contributed by atoms with van der Waals surface area (Å²) in [6, 6.07) is -0.295. The Hall–Kier alpha value is -0.810. The molecule has 2 amide bonds. The van der Waals surface area contributed by atoms with Crippen molar-refractivity contribution >= 4 is 6.03 Å². The predicted molar refractivity (Wildman–Crippen MR) is 51.5 cm³/mol. The highest BCUT2D eigenvalue weighted by Crippen LogP contribution is 1.81. The molecule has 5 nitrogen and oxygen atoms in total. The lowest BCUT2D eigenvalue weighted by Gasteiger charge is -2.15. The van der Waals surface area contributed by atoms with E-state index in [9.17, 15) is 4.79 Å². The van der Waals surface area contributed by atoms with Gasteiger partial charge in [0.2, 0.25) is 0 Å². The zero-order valence-electron chi connectivity index (χ0n) is 8.30. The first-order chi connectivity index (χ1) is 6.24. The largest absolute Gasteiger partial charge is 0.383 e. The lowest BCUT2D eigenvalue weighted by Crippen LogP contribution is -2.47. The Morgan fingerprint density at radius 3 is 2.77 bits per heavy atom. The topological polar surface area (TPSA) is 76.4 Å². The number of urea groups is 1. The Bertz CT molecular complexity index is 141. The maximum absolute atomic E-state index is 11.1. The third-order valence-corrected chi connectivity index (χ3v) is 1.52. The van der Waals surface area contributed by atoms with Crippen LogP contribution in [-0.4, -0.2) is 38.9 Å². The summed E-state index contributed by atoms with van der Waals surface area (Å²) in [5, 5.41) is 5.40. The molecule has 0 heterocycles. The molecule has 13 heavy (non-hydrogen) atoms. The van der Waals surface area contributed by atoms with E-state index in [4.69, 9.17) is 10.5 Å². The second-order valence-corrected chi connectivity index (χ2v) is 2.79. The minimum atomic E-state index is -0.186. The Balaban J connectivity index is 3.60. The summed E-state index contributed by atoms with van der Waals surface area (Å²) >= 11 is 0. The Labute approximate surface area is 79.0 Å². The summed E-state index contributed by atoms with van der Waals surface area (Å²) in [6.45, 7) is 3.50. The molecule has 0 radical (unpaired) electrons. The van der Waals surface area contributed by atoms with Gasteiger partial charge in [-0.25, -0.2) is 4.79 Å². The summed E-state index contributed by atoms with van der Waals surface area (Å²) in [4.78, 5) is 11.1. The monoisotopic (exact) mass is 189 g/mol. The van der Waals surface area contributed by atoms with E-state index in [-0.39, 0.29) is 12.1 Å². The molecule has 0 aliphatic carbocycles. The first-order valence-corrected chi connectivity index (χ1v) is 4.48. The molecule has 78 valence electrons. The van der Waals surface area contributed by atoms with Crippen LogP contribution in [0.4, 0.5) is 4.79 Å². The van der Waals surface area contributed by atoms with Gasteiger partial charge >= 0.3 is 6.03 Å². The normalized spacial score (nSPS) is 12.2. The molecule has 0 aliphatic rings. The Morgan fingerprint density at radius 1 is 1.62 bits per heavy atom. The molecule has 1 atom stereocenters. The van der Waals surface area contributed by atoms with E-state index in [0.29, 0.717) is 19.7 Å². The van der Waals surface area contributed by atoms with Gasteiger partial charge in [-0.05, 0) is 6.42 Å². The zero-order chi connectivity index (χ0) is 10.1. The van der Waals surface area contributed by atoms with Crippen LogP contribution in [0.1, 0.15) is 13.3 Å². The number of methoxy groups -OCH3 is 1. The molecule has 5 heteroatoms. The standard InChI is InChI=1S/C8H19N3O2/c1-3-4-10-8(12)11-7(5-9)6-13-2/h7H,3-6,9H2,1-2H3,(H2,10,11,12)/t7-/m0/s1. The van der Waals surface area contributed by atoms with Gasteiger partial charge in [-0.1, -0.05) is 6.92 Å². The SMILES string of the molecule is CCCNC(=O)N[C@@H](CN)COC. The van der Waals surface area contributed by atoms with Gasteiger partial charge in [0.1, 0.15) is 0 Å². The molecule has 0 saturated heterocycles. The predicted octanol–water partition coefficient (Wildman–Crippen LogP) is -0.331. The van der Waals surface area contributed by atoms with Gasteiger partial charge in [-0.15, -0.1) is 0 Å². The zero-order valence-corrected chi connectivity index (χ0v) is 8.30. The van der Waals surface area contributed by atoms with Crippen LogP contribution in [0.25, 0.3) is 0 Å². The fraction of sp³-hybridized carbons (Fsp3) is 0.875. The fourth-order valence-corrected chi connectivity index (χ4v) is 0.845. The van der Waals surface area contributed by atoms with Crippen LogP contribution < -0.4 is 16.4 Å². The molecule has 0 bridgehead atoms. The maximum Gasteiger partial charge on any atom is 0.315 e. The lowest BCUT2D eigenvalue weighted by atomic mass is 10.3. The molecule has 0 aromatic carbocycles. The third kappa shape index (κ3) is 6.36. The lowest BCUT2D eigenvalue weighted by molar-refractivity contribution is 0.167. The van der Waals surface area contributed by atoms with Gasteiger partial charge < -0.3 is 21.1 Å². The van der Waals surface area contributed by atoms with Crippen molar-refractivity contribution in [2.45, 2.75) is 19.4 Å². The highest BCUT2D eigenvalue weighted by atomic mass is 16.5. The minimum absolute atomic E-state index is 0.109. The smallest absolute Gasteiger partial charge is 0.315 e. The molecular weight excluding hydrogens is 170 g/mol. The Morgan fingerprint density at radius 2 is 2.31 bits per heavy atom. The third-order valence-electron chi connectivity index (χ3n) is 1.52. The van der Waals surface area contributed by atoms with E-state index in [1.165, 1.54) is 0 Å². The first kappa shape index (κ1) is 12.2. The number of ether oxygens (including phenoxy) is 1. The second-order valence-electron chi connectivity index (χ2n) is 2.79. The minimum Gasteiger partial charge on any atom is -0.383 e. The summed E-state index contributed by atoms with van der Waals surface area (Å²) in [5.74, 6) is 0. The van der Waals surface area contributed by atoms with E-state index in [0.717, 1.165) is 6.42 Å². The highest BCUT2D eigenvalue weighted by Gasteiger charge is 2.08. The summed E-state index contributed by atoms with van der Waals surface area (Å²) in [5.41, 5.74) is 5.41. The number of carbonyl (C=O) groups is 1. The van der Waals surface area contributed by atoms with Crippen LogP contribution in [0, 0.1) is 0 Å². The summed E-state index contributed by atoms with van der Waals surface area (Å²) in [7, 11) is 1.58. The van der Waals surface area contributed by atoms with Crippen molar-refractivity contribution in [3.63, 3.8) is 0 Å². The van der Waals surface area contributed by atoms with E-state index < -0.39 is 0 Å². The molecule has 0 aromatic rings. The molecule has 4 N–H and O–H groups in total. The van der Waals surface area contributed by atoms with Crippen LogP contribution >= 0.6 is 0 Å². The average Bonchev–Trinajstić information content (AvgIpc) is 2.14. The van der Waals surface area contributed by atoms with Gasteiger partial charge in [-0.2, -0.15) is 0 Å². The number of carbonyl (C=O) groups excluding carboxylic acids is 1. The van der Waals surface area contributed by atoms with E-state index in [1.807, 2.05) is 6.92 Å². The van der Waals surface area contributed by atoms with Gasteiger partial charge in [0, 0.05) is 20.2 Å². The number of hydrogen-bond donors (Lipinski definition) is 3. The van der Waals surface area contributed by atoms with Gasteiger partial charge in [0.15, 0.2) is 0 Å². The number of hydrogen-bond acceptors (Lipinski definition) is 3. The van der Waals surface area contributed by atoms with Crippen molar-refractivity contribution in [3.05, 3.63) is 0 Å². The van der Waals surface area contributed by atoms with Gasteiger partial charge in [0.05, 0.1) is 12.6 Å². The summed E-state index contributed by atoms with van der Waals surface area (Å²) < 4.78 is 4.88.